The van der Waals surface area contributed by atoms with Crippen molar-refractivity contribution in [2.75, 3.05) is 32.8 Å². The van der Waals surface area contributed by atoms with Crippen LogP contribution in [-0.2, 0) is 19.1 Å². The van der Waals surface area contributed by atoms with Crippen molar-refractivity contribution in [1.29, 1.82) is 0 Å². The van der Waals surface area contributed by atoms with Gasteiger partial charge in [-0.05, 0) is 58.3 Å². The molecule has 0 spiro atoms. The highest BCUT2D eigenvalue weighted by molar-refractivity contribution is 5.72. The molecular formula is C18H32N2O4. The summed E-state index contributed by atoms with van der Waals surface area (Å²) >= 11 is 0. The molecule has 24 heavy (non-hydrogen) atoms. The van der Waals surface area contributed by atoms with Crippen LogP contribution >= 0.6 is 0 Å². The average Bonchev–Trinajstić information content (AvgIpc) is 3.15. The molecule has 2 aliphatic heterocycles. The van der Waals surface area contributed by atoms with Crippen LogP contribution in [0.5, 0.6) is 0 Å². The van der Waals surface area contributed by atoms with Gasteiger partial charge in [0.2, 0.25) is 0 Å². The standard InChI is InChI=1S/C18H32N2O4/c1-2-22-17(21)15-7-9-16(10-8-15)24-18(19-11-3-4-12-19)20-13-5-6-14-23-20/h15-16,18H,2-14H2,1H3. The molecule has 1 unspecified atom stereocenters. The Morgan fingerprint density at radius 2 is 1.79 bits per heavy atom. The van der Waals surface area contributed by atoms with Gasteiger partial charge < -0.3 is 9.47 Å². The molecule has 0 amide bonds. The fraction of sp³-hybridized carbons (Fsp3) is 0.944. The van der Waals surface area contributed by atoms with Gasteiger partial charge in [0.15, 0.2) is 6.35 Å². The summed E-state index contributed by atoms with van der Waals surface area (Å²) in [6, 6.07) is 0. The lowest BCUT2D eigenvalue weighted by atomic mass is 9.87. The monoisotopic (exact) mass is 340 g/mol. The van der Waals surface area contributed by atoms with E-state index in [1.165, 1.54) is 19.3 Å². The van der Waals surface area contributed by atoms with Gasteiger partial charge in [0, 0.05) is 19.6 Å². The molecule has 0 radical (unpaired) electrons. The van der Waals surface area contributed by atoms with Gasteiger partial charge in [0.25, 0.3) is 0 Å². The van der Waals surface area contributed by atoms with Crippen LogP contribution in [0.3, 0.4) is 0 Å². The van der Waals surface area contributed by atoms with Gasteiger partial charge >= 0.3 is 5.97 Å². The van der Waals surface area contributed by atoms with Crippen molar-refractivity contribution in [3.63, 3.8) is 0 Å². The molecule has 0 aromatic rings. The first-order valence-corrected chi connectivity index (χ1v) is 9.73. The quantitative estimate of drug-likeness (QED) is 0.693. The Kier molecular flexibility index (Phi) is 6.89. The Balaban J connectivity index is 1.52. The van der Waals surface area contributed by atoms with Crippen LogP contribution < -0.4 is 0 Å². The summed E-state index contributed by atoms with van der Waals surface area (Å²) in [6.45, 7) is 6.25. The molecule has 138 valence electrons. The molecule has 3 rings (SSSR count). The third-order valence-electron chi connectivity index (χ3n) is 5.34. The van der Waals surface area contributed by atoms with Crippen LogP contribution in [0, 0.1) is 5.92 Å². The van der Waals surface area contributed by atoms with E-state index in [0.29, 0.717) is 6.61 Å². The zero-order chi connectivity index (χ0) is 16.8. The number of hydroxylamine groups is 2. The van der Waals surface area contributed by atoms with Crippen molar-refractivity contribution >= 4 is 5.97 Å². The number of ether oxygens (including phenoxy) is 2. The van der Waals surface area contributed by atoms with E-state index in [0.717, 1.165) is 58.3 Å². The fourth-order valence-electron chi connectivity index (χ4n) is 3.96. The molecule has 1 aliphatic carbocycles. The van der Waals surface area contributed by atoms with Gasteiger partial charge in [-0.2, -0.15) is 0 Å². The van der Waals surface area contributed by atoms with E-state index >= 15 is 0 Å². The van der Waals surface area contributed by atoms with E-state index in [1.807, 2.05) is 12.0 Å². The summed E-state index contributed by atoms with van der Waals surface area (Å²) in [5.74, 6) is 0.0210. The molecule has 2 saturated heterocycles. The largest absolute Gasteiger partial charge is 0.466 e. The number of likely N-dealkylation sites (tertiary alicyclic amines) is 1. The highest BCUT2D eigenvalue weighted by atomic mass is 16.7. The Morgan fingerprint density at radius 3 is 2.42 bits per heavy atom. The lowest BCUT2D eigenvalue weighted by Gasteiger charge is -2.41. The Bertz CT molecular complexity index is 386. The van der Waals surface area contributed by atoms with Gasteiger partial charge in [-0.1, -0.05) is 0 Å². The van der Waals surface area contributed by atoms with Crippen molar-refractivity contribution in [3.8, 4) is 0 Å². The van der Waals surface area contributed by atoms with Gasteiger partial charge in [0.05, 0.1) is 25.2 Å². The van der Waals surface area contributed by atoms with Crippen LogP contribution in [-0.4, -0.2) is 61.2 Å². The van der Waals surface area contributed by atoms with Crippen molar-refractivity contribution in [2.45, 2.75) is 70.7 Å². The van der Waals surface area contributed by atoms with Crippen LogP contribution in [0.25, 0.3) is 0 Å². The summed E-state index contributed by atoms with van der Waals surface area (Å²) in [5, 5.41) is 2.05. The molecule has 0 bridgehead atoms. The van der Waals surface area contributed by atoms with Crippen molar-refractivity contribution in [2.24, 2.45) is 5.92 Å². The van der Waals surface area contributed by atoms with Gasteiger partial charge in [0.1, 0.15) is 0 Å². The zero-order valence-electron chi connectivity index (χ0n) is 15.0. The van der Waals surface area contributed by atoms with E-state index in [9.17, 15) is 4.79 Å². The molecule has 3 aliphatic rings. The normalized spacial score (nSPS) is 31.0. The smallest absolute Gasteiger partial charge is 0.308 e. The summed E-state index contributed by atoms with van der Waals surface area (Å²) in [5.41, 5.74) is 0. The average molecular weight is 340 g/mol. The third-order valence-corrected chi connectivity index (χ3v) is 5.34. The zero-order valence-corrected chi connectivity index (χ0v) is 15.0. The second-order valence-electron chi connectivity index (χ2n) is 7.11. The first-order valence-electron chi connectivity index (χ1n) is 9.73. The van der Waals surface area contributed by atoms with Gasteiger partial charge in [-0.25, -0.2) is 0 Å². The number of hydrogen-bond donors (Lipinski definition) is 0. The first-order chi connectivity index (χ1) is 11.8. The summed E-state index contributed by atoms with van der Waals surface area (Å²) in [7, 11) is 0. The van der Waals surface area contributed by atoms with Gasteiger partial charge in [-0.15, -0.1) is 5.06 Å². The Hall–Kier alpha value is -0.690. The summed E-state index contributed by atoms with van der Waals surface area (Å²) in [4.78, 5) is 20.2. The number of hydrogen-bond acceptors (Lipinski definition) is 6. The lowest BCUT2D eigenvalue weighted by molar-refractivity contribution is -0.318. The minimum atomic E-state index is -0.0584. The molecule has 3 fully saturated rings. The van der Waals surface area contributed by atoms with Crippen LogP contribution in [0.1, 0.15) is 58.3 Å². The SMILES string of the molecule is CCOC(=O)C1CCC(OC(N2CCCC2)N2CCCCO2)CC1. The van der Waals surface area contributed by atoms with E-state index in [-0.39, 0.29) is 24.3 Å². The molecule has 2 heterocycles. The number of esters is 1. The van der Waals surface area contributed by atoms with E-state index in [1.54, 1.807) is 0 Å². The molecule has 1 atom stereocenters. The number of carbonyl (C=O) groups excluding carboxylic acids is 1. The van der Waals surface area contributed by atoms with Crippen molar-refractivity contribution in [3.05, 3.63) is 0 Å². The molecule has 6 nitrogen and oxygen atoms in total. The predicted molar refractivity (Wildman–Crippen MR) is 90.0 cm³/mol. The van der Waals surface area contributed by atoms with E-state index in [2.05, 4.69) is 4.90 Å². The number of nitrogens with zero attached hydrogens (tertiary/aromatic N) is 2. The van der Waals surface area contributed by atoms with E-state index < -0.39 is 0 Å². The predicted octanol–water partition coefficient (Wildman–Crippen LogP) is 2.53. The second kappa shape index (κ2) is 9.13. The number of rotatable bonds is 6. The molecule has 6 heteroatoms. The lowest BCUT2D eigenvalue weighted by Crippen LogP contribution is -2.52. The van der Waals surface area contributed by atoms with E-state index in [4.69, 9.17) is 14.3 Å². The molecule has 0 N–H and O–H groups in total. The van der Waals surface area contributed by atoms with Crippen LogP contribution in [0.15, 0.2) is 0 Å². The maximum atomic E-state index is 11.9. The van der Waals surface area contributed by atoms with Gasteiger partial charge in [-0.3, -0.25) is 14.5 Å². The molecule has 0 aromatic heterocycles. The third kappa shape index (κ3) is 4.69. The highest BCUT2D eigenvalue weighted by Crippen LogP contribution is 2.30. The maximum Gasteiger partial charge on any atom is 0.308 e. The van der Waals surface area contributed by atoms with Crippen LogP contribution in [0.4, 0.5) is 0 Å². The minimum absolute atomic E-state index is 0.0357. The maximum absolute atomic E-state index is 11.9. The first kappa shape index (κ1) is 18.1. The Morgan fingerprint density at radius 1 is 1.08 bits per heavy atom. The van der Waals surface area contributed by atoms with Crippen LogP contribution in [0.2, 0.25) is 0 Å². The molecule has 0 aromatic carbocycles. The topological polar surface area (TPSA) is 51.2 Å². The minimum Gasteiger partial charge on any atom is -0.466 e. The van der Waals surface area contributed by atoms with Crippen molar-refractivity contribution in [1.82, 2.24) is 9.96 Å². The number of carbonyl (C=O) groups is 1. The fourth-order valence-corrected chi connectivity index (χ4v) is 3.96. The summed E-state index contributed by atoms with van der Waals surface area (Å²) in [6.07, 6.45) is 8.55. The molecule has 1 saturated carbocycles. The Labute approximate surface area is 145 Å². The summed E-state index contributed by atoms with van der Waals surface area (Å²) < 4.78 is 11.6. The molecular weight excluding hydrogens is 308 g/mol. The van der Waals surface area contributed by atoms with Crippen molar-refractivity contribution < 1.29 is 19.1 Å². The second-order valence-corrected chi connectivity index (χ2v) is 7.11. The highest BCUT2D eigenvalue weighted by Gasteiger charge is 2.35.